The van der Waals surface area contributed by atoms with Crippen LogP contribution < -0.4 is 16.4 Å². The maximum absolute atomic E-state index is 12.0. The monoisotopic (exact) mass is 267 g/mol. The minimum Gasteiger partial charge on any atom is -0.366 e. The van der Waals surface area contributed by atoms with E-state index in [1.807, 2.05) is 0 Å². The van der Waals surface area contributed by atoms with E-state index in [0.29, 0.717) is 16.4 Å². The minimum atomic E-state index is -0.502. The number of carbonyl (C=O) groups is 2. The average Bonchev–Trinajstić information content (AvgIpc) is 2.81. The van der Waals surface area contributed by atoms with Crippen molar-refractivity contribution >= 4 is 23.2 Å². The second-order valence-electron chi connectivity index (χ2n) is 4.61. The third kappa shape index (κ3) is 2.88. The molecule has 2 amide bonds. The van der Waals surface area contributed by atoms with Gasteiger partial charge in [0.15, 0.2) is 0 Å². The van der Waals surface area contributed by atoms with Crippen molar-refractivity contribution in [2.24, 2.45) is 11.7 Å². The fourth-order valence-corrected chi connectivity index (χ4v) is 2.81. The molecule has 1 aliphatic heterocycles. The van der Waals surface area contributed by atoms with Crippen molar-refractivity contribution in [1.82, 2.24) is 10.6 Å². The van der Waals surface area contributed by atoms with Gasteiger partial charge >= 0.3 is 0 Å². The van der Waals surface area contributed by atoms with Gasteiger partial charge < -0.3 is 16.4 Å². The molecule has 1 aromatic heterocycles. The van der Waals surface area contributed by atoms with Crippen LogP contribution in [0.3, 0.4) is 0 Å². The lowest BCUT2D eigenvalue weighted by atomic mass is 9.95. The summed E-state index contributed by atoms with van der Waals surface area (Å²) in [4.78, 5) is 23.5. The fraction of sp³-hybridized carbons (Fsp3) is 0.500. The predicted molar refractivity (Wildman–Crippen MR) is 70.7 cm³/mol. The van der Waals surface area contributed by atoms with E-state index in [4.69, 9.17) is 5.73 Å². The van der Waals surface area contributed by atoms with Gasteiger partial charge in [0.25, 0.3) is 5.91 Å². The first-order valence-electron chi connectivity index (χ1n) is 5.98. The van der Waals surface area contributed by atoms with Gasteiger partial charge in [-0.2, -0.15) is 0 Å². The van der Waals surface area contributed by atoms with Gasteiger partial charge in [0.2, 0.25) is 5.91 Å². The molecule has 1 saturated heterocycles. The van der Waals surface area contributed by atoms with E-state index in [1.54, 1.807) is 11.4 Å². The summed E-state index contributed by atoms with van der Waals surface area (Å²) in [5, 5.41) is 7.87. The third-order valence-corrected chi connectivity index (χ3v) is 4.18. The molecular weight excluding hydrogens is 250 g/mol. The summed E-state index contributed by atoms with van der Waals surface area (Å²) in [6.07, 6.45) is 1.06. The molecule has 18 heavy (non-hydrogen) atoms. The minimum absolute atomic E-state index is 0.131. The van der Waals surface area contributed by atoms with Crippen molar-refractivity contribution in [3.63, 3.8) is 0 Å². The second-order valence-corrected chi connectivity index (χ2v) is 5.53. The molecule has 1 aliphatic rings. The number of piperidine rings is 1. The van der Waals surface area contributed by atoms with Crippen LogP contribution >= 0.6 is 11.3 Å². The Balaban J connectivity index is 2.00. The first kappa shape index (κ1) is 13.0. The van der Waals surface area contributed by atoms with Gasteiger partial charge in [0.1, 0.15) is 0 Å². The van der Waals surface area contributed by atoms with Crippen LogP contribution in [-0.2, 0) is 0 Å². The number of rotatable bonds is 3. The van der Waals surface area contributed by atoms with E-state index in [1.165, 1.54) is 11.3 Å². The number of nitrogens with two attached hydrogens (primary N) is 1. The smallest absolute Gasteiger partial charge is 0.261 e. The number of hydrogen-bond acceptors (Lipinski definition) is 4. The maximum atomic E-state index is 12.0. The molecule has 2 unspecified atom stereocenters. The molecule has 1 fully saturated rings. The number of nitrogens with one attached hydrogen (secondary N) is 2. The van der Waals surface area contributed by atoms with Gasteiger partial charge in [-0.05, 0) is 24.9 Å². The summed E-state index contributed by atoms with van der Waals surface area (Å²) in [5.41, 5.74) is 5.55. The molecule has 0 saturated carbocycles. The van der Waals surface area contributed by atoms with Crippen LogP contribution in [0.1, 0.15) is 33.4 Å². The zero-order valence-corrected chi connectivity index (χ0v) is 11.0. The van der Waals surface area contributed by atoms with Crippen LogP contribution in [-0.4, -0.2) is 30.9 Å². The predicted octanol–water partition coefficient (Wildman–Crippen LogP) is 0.575. The molecule has 0 aliphatic carbocycles. The lowest BCUT2D eigenvalue weighted by Crippen LogP contribution is -2.50. The number of hydrogen-bond donors (Lipinski definition) is 3. The Morgan fingerprint density at radius 2 is 2.33 bits per heavy atom. The Hall–Kier alpha value is -1.40. The van der Waals surface area contributed by atoms with E-state index in [2.05, 4.69) is 17.6 Å². The molecule has 6 heteroatoms. The second kappa shape index (κ2) is 5.49. The molecule has 5 nitrogen and oxygen atoms in total. The molecule has 2 atom stereocenters. The molecular formula is C12H17N3O2S. The van der Waals surface area contributed by atoms with Crippen molar-refractivity contribution in [3.05, 3.63) is 21.9 Å². The third-order valence-electron chi connectivity index (χ3n) is 3.25. The Bertz CT molecular complexity index is 458. The van der Waals surface area contributed by atoms with Crippen LogP contribution in [0, 0.1) is 5.92 Å². The Labute approximate surface area is 110 Å². The Morgan fingerprint density at radius 1 is 1.56 bits per heavy atom. The van der Waals surface area contributed by atoms with Crippen molar-refractivity contribution in [2.45, 2.75) is 19.4 Å². The maximum Gasteiger partial charge on any atom is 0.261 e. The van der Waals surface area contributed by atoms with Gasteiger partial charge in [-0.15, -0.1) is 11.3 Å². The molecule has 1 aromatic rings. The largest absolute Gasteiger partial charge is 0.366 e. The van der Waals surface area contributed by atoms with Gasteiger partial charge in [-0.1, -0.05) is 6.92 Å². The number of thiophene rings is 1. The fourth-order valence-electron chi connectivity index (χ4n) is 2.01. The quantitative estimate of drug-likeness (QED) is 0.749. The lowest BCUT2D eigenvalue weighted by Gasteiger charge is -2.30. The van der Waals surface area contributed by atoms with E-state index in [9.17, 15) is 9.59 Å². The number of carbonyl (C=O) groups excluding carboxylic acids is 2. The standard InChI is InChI=1S/C12H17N3O2S/c1-7-2-3-14-5-9(7)15-12(17)10-4-8(6-18-10)11(13)16/h4,6-7,9,14H,2-3,5H2,1H3,(H2,13,16)(H,15,17). The van der Waals surface area contributed by atoms with Crippen LogP contribution in [0.4, 0.5) is 0 Å². The van der Waals surface area contributed by atoms with Crippen LogP contribution in [0.15, 0.2) is 11.4 Å². The summed E-state index contributed by atoms with van der Waals surface area (Å²) < 4.78 is 0. The van der Waals surface area contributed by atoms with E-state index >= 15 is 0 Å². The van der Waals surface area contributed by atoms with E-state index in [-0.39, 0.29) is 11.9 Å². The van der Waals surface area contributed by atoms with Crippen molar-refractivity contribution < 1.29 is 9.59 Å². The highest BCUT2D eigenvalue weighted by molar-refractivity contribution is 7.12. The molecule has 0 radical (unpaired) electrons. The number of amides is 2. The SMILES string of the molecule is CC1CCNCC1NC(=O)c1cc(C(N)=O)cs1. The summed E-state index contributed by atoms with van der Waals surface area (Å²) in [5.74, 6) is -0.170. The highest BCUT2D eigenvalue weighted by Crippen LogP contribution is 2.16. The van der Waals surface area contributed by atoms with E-state index in [0.717, 1.165) is 19.5 Å². The Kier molecular flexibility index (Phi) is 3.98. The van der Waals surface area contributed by atoms with Gasteiger partial charge in [0.05, 0.1) is 10.4 Å². The Morgan fingerprint density at radius 3 is 2.94 bits per heavy atom. The van der Waals surface area contributed by atoms with Crippen molar-refractivity contribution in [3.8, 4) is 0 Å². The zero-order chi connectivity index (χ0) is 13.1. The summed E-state index contributed by atoms with van der Waals surface area (Å²) in [7, 11) is 0. The number of primary amides is 1. The first-order valence-corrected chi connectivity index (χ1v) is 6.86. The van der Waals surface area contributed by atoms with Crippen LogP contribution in [0.25, 0.3) is 0 Å². The van der Waals surface area contributed by atoms with Gasteiger partial charge in [-0.3, -0.25) is 9.59 Å². The molecule has 2 rings (SSSR count). The normalized spacial score (nSPS) is 23.6. The average molecular weight is 267 g/mol. The zero-order valence-electron chi connectivity index (χ0n) is 10.2. The van der Waals surface area contributed by atoms with Crippen LogP contribution in [0.2, 0.25) is 0 Å². The van der Waals surface area contributed by atoms with Gasteiger partial charge in [0, 0.05) is 18.0 Å². The van der Waals surface area contributed by atoms with Crippen LogP contribution in [0.5, 0.6) is 0 Å². The summed E-state index contributed by atoms with van der Waals surface area (Å²) in [6.45, 7) is 3.92. The summed E-state index contributed by atoms with van der Waals surface area (Å²) in [6, 6.07) is 1.69. The molecule has 0 spiro atoms. The van der Waals surface area contributed by atoms with E-state index < -0.39 is 5.91 Å². The molecule has 0 bridgehead atoms. The highest BCUT2D eigenvalue weighted by Gasteiger charge is 2.23. The topological polar surface area (TPSA) is 84.2 Å². The van der Waals surface area contributed by atoms with Crippen molar-refractivity contribution in [2.75, 3.05) is 13.1 Å². The summed E-state index contributed by atoms with van der Waals surface area (Å²) >= 11 is 1.24. The molecule has 0 aromatic carbocycles. The van der Waals surface area contributed by atoms with Gasteiger partial charge in [-0.25, -0.2) is 0 Å². The molecule has 2 heterocycles. The first-order chi connectivity index (χ1) is 8.58. The molecule has 4 N–H and O–H groups in total. The highest BCUT2D eigenvalue weighted by atomic mass is 32.1. The lowest BCUT2D eigenvalue weighted by molar-refractivity contribution is 0.0919. The molecule has 98 valence electrons. The van der Waals surface area contributed by atoms with Crippen molar-refractivity contribution in [1.29, 1.82) is 0 Å².